The van der Waals surface area contributed by atoms with Crippen LogP contribution in [0.4, 0.5) is 0 Å². The van der Waals surface area contributed by atoms with E-state index < -0.39 is 0 Å². The average Bonchev–Trinajstić information content (AvgIpc) is 2.49. The summed E-state index contributed by atoms with van der Waals surface area (Å²) in [5, 5.41) is 0. The molecule has 0 saturated carbocycles. The van der Waals surface area contributed by atoms with Crippen molar-refractivity contribution in [2.75, 3.05) is 0 Å². The van der Waals surface area contributed by atoms with Crippen molar-refractivity contribution in [2.24, 2.45) is 11.8 Å². The van der Waals surface area contributed by atoms with Crippen molar-refractivity contribution in [1.29, 1.82) is 0 Å². The van der Waals surface area contributed by atoms with E-state index in [-0.39, 0.29) is 0 Å². The second kappa shape index (κ2) is 4.94. The summed E-state index contributed by atoms with van der Waals surface area (Å²) in [6.07, 6.45) is 0. The second-order valence-corrected chi connectivity index (χ2v) is 7.13. The lowest BCUT2D eigenvalue weighted by Gasteiger charge is -2.20. The fourth-order valence-corrected chi connectivity index (χ4v) is 3.63. The van der Waals surface area contributed by atoms with Gasteiger partial charge >= 0.3 is 0 Å². The van der Waals surface area contributed by atoms with Gasteiger partial charge in [-0.1, -0.05) is 36.7 Å². The van der Waals surface area contributed by atoms with Gasteiger partial charge in [-0.05, 0) is 39.9 Å². The Morgan fingerprint density at radius 3 is 2.23 bits per heavy atom. The van der Waals surface area contributed by atoms with Crippen LogP contribution in [0.1, 0.15) is 30.5 Å². The monoisotopic (exact) mass is 324 g/mol. The van der Waals surface area contributed by atoms with Gasteiger partial charge in [0.1, 0.15) is 0 Å². The predicted molar refractivity (Wildman–Crippen MR) is 67.7 cm³/mol. The number of hydrogen-bond acceptors (Lipinski definition) is 1. The Labute approximate surface area is 101 Å². The van der Waals surface area contributed by atoms with Crippen LogP contribution in [0.15, 0.2) is 15.9 Å². The molecule has 1 aromatic heterocycles. The molecule has 0 aliphatic carbocycles. The number of thiophene rings is 1. The number of rotatable bonds is 3. The fourth-order valence-electron chi connectivity index (χ4n) is 1.07. The van der Waals surface area contributed by atoms with E-state index in [0.717, 1.165) is 0 Å². The Morgan fingerprint density at radius 2 is 1.85 bits per heavy atom. The number of alkyl halides is 1. The van der Waals surface area contributed by atoms with Gasteiger partial charge in [-0.3, -0.25) is 0 Å². The van der Waals surface area contributed by atoms with Crippen LogP contribution in [-0.4, -0.2) is 0 Å². The van der Waals surface area contributed by atoms with Gasteiger partial charge in [-0.25, -0.2) is 0 Å². The molecule has 1 heterocycles. The third-order valence-corrected chi connectivity index (χ3v) is 5.72. The van der Waals surface area contributed by atoms with Crippen molar-refractivity contribution < 1.29 is 0 Å². The normalized spacial score (nSPS) is 16.2. The van der Waals surface area contributed by atoms with Crippen LogP contribution in [0.3, 0.4) is 0 Å². The van der Waals surface area contributed by atoms with E-state index in [0.29, 0.717) is 16.7 Å². The van der Waals surface area contributed by atoms with E-state index in [2.05, 4.69) is 64.8 Å². The molecule has 1 aromatic rings. The Bertz CT molecular complexity index is 268. The molecule has 0 fully saturated rings. The zero-order chi connectivity index (χ0) is 10.0. The van der Waals surface area contributed by atoms with Gasteiger partial charge in [-0.15, -0.1) is 11.3 Å². The first kappa shape index (κ1) is 11.7. The summed E-state index contributed by atoms with van der Waals surface area (Å²) in [5.74, 6) is 1.39. The third kappa shape index (κ3) is 3.07. The lowest BCUT2D eigenvalue weighted by molar-refractivity contribution is 0.417. The molecule has 2 atom stereocenters. The van der Waals surface area contributed by atoms with Gasteiger partial charge in [0.2, 0.25) is 0 Å². The highest BCUT2D eigenvalue weighted by Crippen LogP contribution is 2.39. The quantitative estimate of drug-likeness (QED) is 0.667. The lowest BCUT2D eigenvalue weighted by Crippen LogP contribution is -2.09. The zero-order valence-electron chi connectivity index (χ0n) is 8.05. The van der Waals surface area contributed by atoms with E-state index in [1.165, 1.54) is 8.66 Å². The Kier molecular flexibility index (Phi) is 4.46. The molecule has 0 spiro atoms. The molecule has 0 amide bonds. The van der Waals surface area contributed by atoms with Gasteiger partial charge < -0.3 is 0 Å². The molecule has 0 aliphatic rings. The largest absolute Gasteiger partial charge is 0.132 e. The predicted octanol–water partition coefficient (Wildman–Crippen LogP) is 5.24. The minimum absolute atomic E-state index is 0.490. The van der Waals surface area contributed by atoms with Gasteiger partial charge in [-0.2, -0.15) is 0 Å². The standard InChI is InChI=1S/C10H14Br2S/c1-6(2)7(3)10(12)8-4-5-9(11)13-8/h4-7,10H,1-3H3. The zero-order valence-corrected chi connectivity index (χ0v) is 12.0. The van der Waals surface area contributed by atoms with Crippen molar-refractivity contribution in [1.82, 2.24) is 0 Å². The molecule has 74 valence electrons. The summed E-state index contributed by atoms with van der Waals surface area (Å²) in [5.41, 5.74) is 0. The van der Waals surface area contributed by atoms with Crippen molar-refractivity contribution in [2.45, 2.75) is 25.6 Å². The molecule has 0 bridgehead atoms. The Hall–Kier alpha value is 0.660. The lowest BCUT2D eigenvalue weighted by atomic mass is 9.94. The minimum atomic E-state index is 0.490. The summed E-state index contributed by atoms with van der Waals surface area (Å²) in [6.45, 7) is 6.82. The topological polar surface area (TPSA) is 0 Å². The van der Waals surface area contributed by atoms with Gasteiger partial charge in [0.15, 0.2) is 0 Å². The minimum Gasteiger partial charge on any atom is -0.132 e. The molecule has 3 heteroatoms. The first-order valence-corrected chi connectivity index (χ1v) is 6.94. The molecule has 0 aliphatic heterocycles. The maximum absolute atomic E-state index is 3.75. The average molecular weight is 326 g/mol. The van der Waals surface area contributed by atoms with Crippen LogP contribution >= 0.6 is 43.2 Å². The van der Waals surface area contributed by atoms with Gasteiger partial charge in [0.05, 0.1) is 8.61 Å². The van der Waals surface area contributed by atoms with E-state index in [1.807, 2.05) is 11.3 Å². The van der Waals surface area contributed by atoms with Crippen molar-refractivity contribution >= 4 is 43.2 Å². The molecular formula is C10H14Br2S. The molecule has 0 radical (unpaired) electrons. The van der Waals surface area contributed by atoms with Crippen molar-refractivity contribution in [3.05, 3.63) is 20.8 Å². The maximum atomic E-state index is 3.75. The molecule has 0 saturated heterocycles. The van der Waals surface area contributed by atoms with Gasteiger partial charge in [0, 0.05) is 4.88 Å². The molecule has 13 heavy (non-hydrogen) atoms. The maximum Gasteiger partial charge on any atom is 0.0701 e. The van der Waals surface area contributed by atoms with E-state index in [4.69, 9.17) is 0 Å². The summed E-state index contributed by atoms with van der Waals surface area (Å²) < 4.78 is 1.21. The third-order valence-electron chi connectivity index (χ3n) is 2.38. The van der Waals surface area contributed by atoms with Crippen LogP contribution in [0, 0.1) is 11.8 Å². The first-order valence-electron chi connectivity index (χ1n) is 4.41. The first-order chi connectivity index (χ1) is 6.02. The van der Waals surface area contributed by atoms with Crippen molar-refractivity contribution in [3.8, 4) is 0 Å². The molecular weight excluding hydrogens is 312 g/mol. The van der Waals surface area contributed by atoms with Crippen LogP contribution in [0.5, 0.6) is 0 Å². The van der Waals surface area contributed by atoms with Crippen LogP contribution in [0.2, 0.25) is 0 Å². The fraction of sp³-hybridized carbons (Fsp3) is 0.600. The highest BCUT2D eigenvalue weighted by atomic mass is 79.9. The smallest absolute Gasteiger partial charge is 0.0701 e. The number of hydrogen-bond donors (Lipinski definition) is 0. The summed E-state index contributed by atoms with van der Waals surface area (Å²) in [6, 6.07) is 4.30. The summed E-state index contributed by atoms with van der Waals surface area (Å²) in [7, 11) is 0. The van der Waals surface area contributed by atoms with E-state index in [9.17, 15) is 0 Å². The van der Waals surface area contributed by atoms with Crippen molar-refractivity contribution in [3.63, 3.8) is 0 Å². The van der Waals surface area contributed by atoms with Crippen LogP contribution < -0.4 is 0 Å². The molecule has 1 rings (SSSR count). The Morgan fingerprint density at radius 1 is 1.23 bits per heavy atom. The second-order valence-electron chi connectivity index (χ2n) is 3.65. The van der Waals surface area contributed by atoms with Gasteiger partial charge in [0.25, 0.3) is 0 Å². The molecule has 0 aromatic carbocycles. The Balaban J connectivity index is 2.73. The highest BCUT2D eigenvalue weighted by Gasteiger charge is 2.20. The van der Waals surface area contributed by atoms with Crippen LogP contribution in [-0.2, 0) is 0 Å². The molecule has 2 unspecified atom stereocenters. The van der Waals surface area contributed by atoms with E-state index in [1.54, 1.807) is 0 Å². The molecule has 0 nitrogen and oxygen atoms in total. The summed E-state index contributed by atoms with van der Waals surface area (Å²) >= 11 is 9.05. The SMILES string of the molecule is CC(C)C(C)C(Br)c1ccc(Br)s1. The highest BCUT2D eigenvalue weighted by molar-refractivity contribution is 9.11. The number of halogens is 2. The van der Waals surface area contributed by atoms with E-state index >= 15 is 0 Å². The molecule has 0 N–H and O–H groups in total. The van der Waals surface area contributed by atoms with Crippen LogP contribution in [0.25, 0.3) is 0 Å². The summed E-state index contributed by atoms with van der Waals surface area (Å²) in [4.78, 5) is 1.90.